The number of hydrazone groups is 1. The van der Waals surface area contributed by atoms with Crippen molar-refractivity contribution in [3.8, 4) is 0 Å². The number of aryl methyl sites for hydroxylation is 1. The van der Waals surface area contributed by atoms with E-state index in [2.05, 4.69) is 15.3 Å². The Morgan fingerprint density at radius 1 is 1.21 bits per heavy atom. The van der Waals surface area contributed by atoms with Crippen molar-refractivity contribution in [2.75, 3.05) is 10.7 Å². The van der Waals surface area contributed by atoms with Gasteiger partial charge in [-0.25, -0.2) is 5.01 Å². The molecule has 1 saturated carbocycles. The predicted octanol–water partition coefficient (Wildman–Crippen LogP) is 4.81. The molecular formula is C24H25N5O3S2. The van der Waals surface area contributed by atoms with Crippen LogP contribution in [0.4, 0.5) is 5.13 Å². The van der Waals surface area contributed by atoms with Crippen molar-refractivity contribution in [3.05, 3.63) is 59.5 Å². The summed E-state index contributed by atoms with van der Waals surface area (Å²) in [5.74, 6) is 0.805. The van der Waals surface area contributed by atoms with Crippen LogP contribution in [0, 0.1) is 6.92 Å². The number of aromatic nitrogens is 2. The van der Waals surface area contributed by atoms with E-state index in [1.165, 1.54) is 33.7 Å². The maximum atomic E-state index is 13.2. The average molecular weight is 496 g/mol. The van der Waals surface area contributed by atoms with Crippen LogP contribution < -0.4 is 4.90 Å². The molecule has 1 aliphatic heterocycles. The lowest BCUT2D eigenvalue weighted by Crippen LogP contribution is -2.32. The first-order valence-electron chi connectivity index (χ1n) is 11.3. The van der Waals surface area contributed by atoms with E-state index in [0.717, 1.165) is 24.1 Å². The normalized spacial score (nSPS) is 17.6. The summed E-state index contributed by atoms with van der Waals surface area (Å²) in [7, 11) is 0. The van der Waals surface area contributed by atoms with E-state index < -0.39 is 0 Å². The quantitative estimate of drug-likeness (QED) is 0.329. The van der Waals surface area contributed by atoms with Gasteiger partial charge in [-0.3, -0.25) is 14.5 Å². The molecule has 5 rings (SSSR count). The third-order valence-corrected chi connectivity index (χ3v) is 7.87. The van der Waals surface area contributed by atoms with E-state index in [0.29, 0.717) is 28.1 Å². The van der Waals surface area contributed by atoms with E-state index in [9.17, 15) is 9.59 Å². The molecule has 0 radical (unpaired) electrons. The van der Waals surface area contributed by atoms with Gasteiger partial charge in [-0.1, -0.05) is 59.9 Å². The van der Waals surface area contributed by atoms with Crippen LogP contribution in [-0.4, -0.2) is 44.5 Å². The molecule has 10 heteroatoms. The lowest BCUT2D eigenvalue weighted by atomic mass is 10.0. The van der Waals surface area contributed by atoms with Crippen molar-refractivity contribution in [1.82, 2.24) is 15.2 Å². The van der Waals surface area contributed by atoms with Crippen LogP contribution >= 0.6 is 23.1 Å². The smallest absolute Gasteiger partial charge is 0.253 e. The van der Waals surface area contributed by atoms with Crippen molar-refractivity contribution in [2.45, 2.75) is 56.0 Å². The minimum absolute atomic E-state index is 0.0580. The van der Waals surface area contributed by atoms with Crippen LogP contribution in [0.5, 0.6) is 0 Å². The molecule has 0 spiro atoms. The molecule has 0 bridgehead atoms. The first kappa shape index (κ1) is 22.8. The average Bonchev–Trinajstić information content (AvgIpc) is 3.24. The van der Waals surface area contributed by atoms with E-state index in [4.69, 9.17) is 4.42 Å². The Bertz CT molecular complexity index is 1200. The fourth-order valence-electron chi connectivity index (χ4n) is 3.88. The minimum atomic E-state index is -0.281. The Morgan fingerprint density at radius 3 is 2.68 bits per heavy atom. The number of thioether (sulfide) groups is 1. The van der Waals surface area contributed by atoms with E-state index in [-0.39, 0.29) is 29.7 Å². The first-order chi connectivity index (χ1) is 16.5. The zero-order valence-corrected chi connectivity index (χ0v) is 20.6. The number of anilines is 1. The number of hydrogen-bond acceptors (Lipinski definition) is 8. The highest BCUT2D eigenvalue weighted by Gasteiger charge is 2.36. The Labute approximate surface area is 206 Å². The van der Waals surface area contributed by atoms with Crippen molar-refractivity contribution >= 4 is 45.8 Å². The molecule has 34 heavy (non-hydrogen) atoms. The maximum absolute atomic E-state index is 13.2. The summed E-state index contributed by atoms with van der Waals surface area (Å²) in [4.78, 5) is 27.3. The van der Waals surface area contributed by atoms with Crippen LogP contribution in [0.25, 0.3) is 0 Å². The number of furan rings is 1. The highest BCUT2D eigenvalue weighted by molar-refractivity contribution is 8.01. The van der Waals surface area contributed by atoms with Gasteiger partial charge in [0.2, 0.25) is 11.0 Å². The molecule has 1 aromatic carbocycles. The number of nitrogens with zero attached hydrogens (tertiary/aromatic N) is 5. The second-order valence-corrected chi connectivity index (χ2v) is 10.6. The summed E-state index contributed by atoms with van der Waals surface area (Å²) in [6.07, 6.45) is 4.63. The van der Waals surface area contributed by atoms with Gasteiger partial charge in [0.05, 0.1) is 17.7 Å². The monoisotopic (exact) mass is 495 g/mol. The third kappa shape index (κ3) is 4.78. The van der Waals surface area contributed by atoms with Crippen molar-refractivity contribution in [2.24, 2.45) is 5.10 Å². The van der Waals surface area contributed by atoms with Gasteiger partial charge in [0.15, 0.2) is 4.34 Å². The van der Waals surface area contributed by atoms with Crippen LogP contribution in [0.2, 0.25) is 0 Å². The number of carbonyl (C=O) groups excluding carboxylic acids is 2. The molecule has 3 aromatic rings. The van der Waals surface area contributed by atoms with Gasteiger partial charge in [0, 0.05) is 18.9 Å². The van der Waals surface area contributed by atoms with Crippen LogP contribution in [0.1, 0.15) is 55.5 Å². The molecule has 3 heterocycles. The molecule has 1 aliphatic carbocycles. The maximum Gasteiger partial charge on any atom is 0.253 e. The Morgan fingerprint density at radius 2 is 2.00 bits per heavy atom. The Kier molecular flexibility index (Phi) is 6.51. The van der Waals surface area contributed by atoms with Crippen molar-refractivity contribution < 1.29 is 14.0 Å². The van der Waals surface area contributed by atoms with Gasteiger partial charge < -0.3 is 4.42 Å². The molecule has 2 aliphatic rings. The van der Waals surface area contributed by atoms with Crippen LogP contribution in [-0.2, 0) is 9.59 Å². The molecule has 2 aromatic heterocycles. The first-order valence-corrected chi connectivity index (χ1v) is 13.1. The summed E-state index contributed by atoms with van der Waals surface area (Å²) in [6.45, 7) is 3.89. The predicted molar refractivity (Wildman–Crippen MR) is 132 cm³/mol. The lowest BCUT2D eigenvalue weighted by molar-refractivity contribution is -0.130. The zero-order valence-electron chi connectivity index (χ0n) is 19.0. The standard InChI is InChI=1S/C24H25N5O3S2/c1-3-21(30)28(17-10-11-17)23-25-26-24(34-23)33-14-22(31)29-19(20-5-4-12-32-20)13-18(27-29)16-8-6-15(2)7-9-16/h4-9,12,17,19H,3,10-11,13-14H2,1-2H3/t19-/m0/s1. The molecule has 2 amide bonds. The molecule has 0 N–H and O–H groups in total. The molecule has 0 unspecified atom stereocenters. The topological polar surface area (TPSA) is 91.9 Å². The Hall–Kier alpha value is -2.98. The van der Waals surface area contributed by atoms with E-state index in [1.807, 2.05) is 50.2 Å². The summed E-state index contributed by atoms with van der Waals surface area (Å²) >= 11 is 2.67. The highest BCUT2D eigenvalue weighted by Crippen LogP contribution is 2.37. The third-order valence-electron chi connectivity index (χ3n) is 5.83. The lowest BCUT2D eigenvalue weighted by Gasteiger charge is -2.19. The summed E-state index contributed by atoms with van der Waals surface area (Å²) < 4.78 is 6.28. The zero-order chi connectivity index (χ0) is 23.7. The SMILES string of the molecule is CCC(=O)N(c1nnc(SCC(=O)N2N=C(c3ccc(C)cc3)C[C@H]2c2ccco2)s1)C1CC1. The number of hydrogen-bond donors (Lipinski definition) is 0. The number of benzene rings is 1. The molecule has 176 valence electrons. The van der Waals surface area contributed by atoms with E-state index in [1.54, 1.807) is 11.2 Å². The second-order valence-electron chi connectivity index (χ2n) is 8.37. The number of amides is 2. The molecule has 0 saturated heterocycles. The van der Waals surface area contributed by atoms with Gasteiger partial charge in [0.25, 0.3) is 5.91 Å². The minimum Gasteiger partial charge on any atom is -0.467 e. The summed E-state index contributed by atoms with van der Waals surface area (Å²) in [5.41, 5.74) is 3.03. The van der Waals surface area contributed by atoms with Gasteiger partial charge in [0.1, 0.15) is 11.8 Å². The molecule has 1 atom stereocenters. The fraction of sp³-hybridized carbons (Fsp3) is 0.375. The van der Waals surface area contributed by atoms with Gasteiger partial charge in [-0.05, 0) is 37.5 Å². The molecule has 1 fully saturated rings. The van der Waals surface area contributed by atoms with Crippen LogP contribution in [0.15, 0.2) is 56.5 Å². The highest BCUT2D eigenvalue weighted by atomic mass is 32.2. The van der Waals surface area contributed by atoms with Crippen molar-refractivity contribution in [3.63, 3.8) is 0 Å². The summed E-state index contributed by atoms with van der Waals surface area (Å²) in [5, 5.41) is 15.3. The second kappa shape index (κ2) is 9.71. The van der Waals surface area contributed by atoms with Gasteiger partial charge in [-0.2, -0.15) is 5.10 Å². The fourth-order valence-corrected chi connectivity index (χ4v) is 5.66. The number of carbonyl (C=O) groups is 2. The number of rotatable bonds is 8. The van der Waals surface area contributed by atoms with E-state index >= 15 is 0 Å². The molecule has 8 nitrogen and oxygen atoms in total. The van der Waals surface area contributed by atoms with Gasteiger partial charge in [-0.15, -0.1) is 10.2 Å². The molecular weight excluding hydrogens is 470 g/mol. The Balaban J connectivity index is 1.30. The summed E-state index contributed by atoms with van der Waals surface area (Å²) in [6, 6.07) is 11.8. The van der Waals surface area contributed by atoms with Gasteiger partial charge >= 0.3 is 0 Å². The van der Waals surface area contributed by atoms with Crippen LogP contribution in [0.3, 0.4) is 0 Å². The largest absolute Gasteiger partial charge is 0.467 e. The van der Waals surface area contributed by atoms with Crippen molar-refractivity contribution in [1.29, 1.82) is 0 Å².